The van der Waals surface area contributed by atoms with Crippen molar-refractivity contribution in [3.05, 3.63) is 29.8 Å². The van der Waals surface area contributed by atoms with Gasteiger partial charge in [-0.1, -0.05) is 67.0 Å². The highest BCUT2D eigenvalue weighted by Crippen LogP contribution is 2.28. The highest BCUT2D eigenvalue weighted by molar-refractivity contribution is 5.93. The number of likely N-dealkylation sites (N-methyl/N-ethyl adjacent to an activating group) is 1. The van der Waals surface area contributed by atoms with Crippen LogP contribution in [0.1, 0.15) is 100 Å². The Bertz CT molecular complexity index is 878. The third-order valence-electron chi connectivity index (χ3n) is 5.13. The van der Waals surface area contributed by atoms with Crippen molar-refractivity contribution in [3.63, 3.8) is 0 Å². The molecule has 0 aliphatic heterocycles. The van der Waals surface area contributed by atoms with Crippen LogP contribution in [0.3, 0.4) is 0 Å². The van der Waals surface area contributed by atoms with Crippen molar-refractivity contribution in [2.45, 2.75) is 107 Å². The third kappa shape index (κ3) is 25.2. The van der Waals surface area contributed by atoms with Crippen LogP contribution in [0.2, 0.25) is 0 Å². The lowest BCUT2D eigenvalue weighted by atomic mass is 9.83. The van der Waals surface area contributed by atoms with Crippen LogP contribution in [0.15, 0.2) is 24.3 Å². The van der Waals surface area contributed by atoms with Crippen LogP contribution < -0.4 is 10.6 Å². The Morgan fingerprint density at radius 3 is 1.90 bits per heavy atom. The summed E-state index contributed by atoms with van der Waals surface area (Å²) in [7, 11) is 1.85. The van der Waals surface area contributed by atoms with Gasteiger partial charge in [-0.3, -0.25) is 14.4 Å². The van der Waals surface area contributed by atoms with Crippen molar-refractivity contribution in [1.82, 2.24) is 10.2 Å². The van der Waals surface area contributed by atoms with E-state index in [1.165, 1.54) is 0 Å². The predicted octanol–water partition coefficient (Wildman–Crippen LogP) is 6.51. The van der Waals surface area contributed by atoms with Gasteiger partial charge < -0.3 is 25.4 Å². The van der Waals surface area contributed by atoms with Gasteiger partial charge >= 0.3 is 6.09 Å². The van der Waals surface area contributed by atoms with Gasteiger partial charge in [-0.05, 0) is 68.6 Å². The number of carbonyl (C=O) groups excluding carboxylic acids is 3. The molecule has 3 N–H and O–H groups in total. The van der Waals surface area contributed by atoms with Crippen molar-refractivity contribution >= 4 is 30.1 Å². The first-order valence-corrected chi connectivity index (χ1v) is 13.9. The van der Waals surface area contributed by atoms with Gasteiger partial charge in [0.15, 0.2) is 0 Å². The molecule has 0 bridgehead atoms. The molecule has 1 rings (SSSR count). The van der Waals surface area contributed by atoms with E-state index in [2.05, 4.69) is 59.1 Å². The van der Waals surface area contributed by atoms with Gasteiger partial charge in [0.05, 0.1) is 0 Å². The first-order chi connectivity index (χ1) is 18.2. The quantitative estimate of drug-likeness (QED) is 0.263. The molecule has 3 amide bonds. The molecule has 0 aliphatic rings. The van der Waals surface area contributed by atoms with E-state index in [0.29, 0.717) is 24.1 Å². The molecule has 9 nitrogen and oxygen atoms in total. The third-order valence-corrected chi connectivity index (χ3v) is 5.13. The number of carbonyl (C=O) groups is 4. The van der Waals surface area contributed by atoms with Crippen molar-refractivity contribution < 1.29 is 29.0 Å². The maximum Gasteiger partial charge on any atom is 0.408 e. The number of rotatable bonds is 11. The second kappa shape index (κ2) is 19.1. The molecule has 9 heteroatoms. The molecule has 0 aromatic heterocycles. The standard InChI is InChI=1S/C25H41N3O4.C5H12.CH2O2/c1-8-15-25(5,6)16-13-22(30)28(7)17-14-19-9-11-20(12-10-19)27-21(29)18-26-23(31)32-24(2,3)4;1-5(2,3)4;2-1-3/h9-12H,8,13-18H2,1-7H3,(H,26,31)(H,27,29);1-4H3;1H,(H,2,3). The first-order valence-electron chi connectivity index (χ1n) is 13.9. The van der Waals surface area contributed by atoms with Crippen LogP contribution in [0.25, 0.3) is 0 Å². The molecule has 1 aromatic carbocycles. The minimum absolute atomic E-state index is 0.168. The zero-order valence-electron chi connectivity index (χ0n) is 26.8. The summed E-state index contributed by atoms with van der Waals surface area (Å²) >= 11 is 0. The molecule has 0 atom stereocenters. The van der Waals surface area contributed by atoms with Crippen LogP contribution in [0.5, 0.6) is 0 Å². The van der Waals surface area contributed by atoms with E-state index in [9.17, 15) is 14.4 Å². The van der Waals surface area contributed by atoms with Crippen molar-refractivity contribution in [3.8, 4) is 0 Å². The summed E-state index contributed by atoms with van der Waals surface area (Å²) in [5.74, 6) is -0.157. The lowest BCUT2D eigenvalue weighted by Crippen LogP contribution is -2.37. The van der Waals surface area contributed by atoms with Gasteiger partial charge in [0, 0.05) is 25.7 Å². The number of hydrogen-bond donors (Lipinski definition) is 3. The largest absolute Gasteiger partial charge is 0.483 e. The van der Waals surface area contributed by atoms with Crippen LogP contribution in [0, 0.1) is 10.8 Å². The minimum Gasteiger partial charge on any atom is -0.483 e. The maximum absolute atomic E-state index is 12.4. The van der Waals surface area contributed by atoms with E-state index in [0.717, 1.165) is 31.2 Å². The molecule has 40 heavy (non-hydrogen) atoms. The minimum atomic E-state index is -0.629. The zero-order valence-corrected chi connectivity index (χ0v) is 26.8. The van der Waals surface area contributed by atoms with E-state index < -0.39 is 11.7 Å². The van der Waals surface area contributed by atoms with Crippen LogP contribution >= 0.6 is 0 Å². The number of hydrogen-bond acceptors (Lipinski definition) is 5. The molecule has 0 saturated heterocycles. The molecule has 0 radical (unpaired) electrons. The molecule has 0 spiro atoms. The Balaban J connectivity index is 0. The Kier molecular flexibility index (Phi) is 18.6. The van der Waals surface area contributed by atoms with Gasteiger partial charge in [-0.15, -0.1) is 0 Å². The van der Waals surface area contributed by atoms with Gasteiger partial charge in [-0.25, -0.2) is 4.79 Å². The summed E-state index contributed by atoms with van der Waals surface area (Å²) in [5, 5.41) is 12.1. The van der Waals surface area contributed by atoms with Crippen LogP contribution in [-0.2, 0) is 25.5 Å². The van der Waals surface area contributed by atoms with Crippen LogP contribution in [0.4, 0.5) is 10.5 Å². The SMILES string of the molecule is CC(C)(C)C.CCCC(C)(C)CCC(=O)N(C)CCc1ccc(NC(=O)CNC(=O)OC(C)(C)C)cc1.O=CO. The predicted molar refractivity (Wildman–Crippen MR) is 162 cm³/mol. The number of nitrogens with zero attached hydrogens (tertiary/aromatic N) is 1. The monoisotopic (exact) mass is 565 g/mol. The number of alkyl carbamates (subject to hydrolysis) is 1. The molecular weight excluding hydrogens is 510 g/mol. The number of ether oxygens (including phenoxy) is 1. The highest BCUT2D eigenvalue weighted by atomic mass is 16.6. The number of carboxylic acid groups (broad SMARTS) is 1. The van der Waals surface area contributed by atoms with Crippen molar-refractivity contribution in [2.75, 3.05) is 25.5 Å². The summed E-state index contributed by atoms with van der Waals surface area (Å²) < 4.78 is 5.10. The first kappa shape index (κ1) is 39.0. The molecule has 0 fully saturated rings. The molecule has 1 aromatic rings. The molecule has 0 unspecified atom stereocenters. The molecule has 0 aliphatic carbocycles. The average Bonchev–Trinajstić information content (AvgIpc) is 2.79. The Hall–Kier alpha value is -3.10. The number of benzene rings is 1. The van der Waals surface area contributed by atoms with E-state index in [1.807, 2.05) is 31.3 Å². The van der Waals surface area contributed by atoms with E-state index in [1.54, 1.807) is 25.7 Å². The summed E-state index contributed by atoms with van der Waals surface area (Å²) in [4.78, 5) is 46.2. The van der Waals surface area contributed by atoms with Gasteiger partial charge in [0.1, 0.15) is 12.1 Å². The normalized spacial score (nSPS) is 11.1. The second-order valence-corrected chi connectivity index (χ2v) is 13.2. The summed E-state index contributed by atoms with van der Waals surface area (Å²) in [6, 6.07) is 7.49. The lowest BCUT2D eigenvalue weighted by molar-refractivity contribution is -0.130. The van der Waals surface area contributed by atoms with Gasteiger partial charge in [0.2, 0.25) is 11.8 Å². The summed E-state index contributed by atoms with van der Waals surface area (Å²) in [5.41, 5.74) is 1.82. The molecular formula is C31H55N3O6. The second-order valence-electron chi connectivity index (χ2n) is 13.2. The molecule has 0 heterocycles. The zero-order chi connectivity index (χ0) is 31.6. The Morgan fingerprint density at radius 1 is 0.950 bits per heavy atom. The van der Waals surface area contributed by atoms with E-state index in [4.69, 9.17) is 14.6 Å². The van der Waals surface area contributed by atoms with Gasteiger partial charge in [-0.2, -0.15) is 0 Å². The van der Waals surface area contributed by atoms with Crippen LogP contribution in [-0.4, -0.2) is 60.1 Å². The van der Waals surface area contributed by atoms with E-state index in [-0.39, 0.29) is 30.2 Å². The van der Waals surface area contributed by atoms with Gasteiger partial charge in [0.25, 0.3) is 6.47 Å². The fraction of sp³-hybridized carbons (Fsp3) is 0.677. The summed E-state index contributed by atoms with van der Waals surface area (Å²) in [6.45, 7) is 20.9. The summed E-state index contributed by atoms with van der Waals surface area (Å²) in [6.07, 6.45) is 3.86. The Labute approximate surface area is 242 Å². The average molecular weight is 566 g/mol. The smallest absolute Gasteiger partial charge is 0.408 e. The molecule has 230 valence electrons. The van der Waals surface area contributed by atoms with E-state index >= 15 is 0 Å². The maximum atomic E-state index is 12.4. The molecule has 0 saturated carbocycles. The number of anilines is 1. The fourth-order valence-corrected chi connectivity index (χ4v) is 3.29. The topological polar surface area (TPSA) is 125 Å². The van der Waals surface area contributed by atoms with Crippen molar-refractivity contribution in [2.24, 2.45) is 10.8 Å². The number of amides is 3. The Morgan fingerprint density at radius 2 is 1.45 bits per heavy atom. The van der Waals surface area contributed by atoms with Crippen molar-refractivity contribution in [1.29, 1.82) is 0 Å². The number of nitrogens with one attached hydrogen (secondary N) is 2. The highest BCUT2D eigenvalue weighted by Gasteiger charge is 2.20. The fourth-order valence-electron chi connectivity index (χ4n) is 3.29. The lowest BCUT2D eigenvalue weighted by Gasteiger charge is -2.25.